The van der Waals surface area contributed by atoms with Gasteiger partial charge in [-0.2, -0.15) is 0 Å². The van der Waals surface area contributed by atoms with E-state index >= 15 is 0 Å². The lowest BCUT2D eigenvalue weighted by Gasteiger charge is -2.22. The van der Waals surface area contributed by atoms with Gasteiger partial charge in [-0.25, -0.2) is 4.68 Å². The Hall–Kier alpha value is -2.99. The van der Waals surface area contributed by atoms with Gasteiger partial charge in [0.2, 0.25) is 0 Å². The van der Waals surface area contributed by atoms with Crippen LogP contribution < -0.4 is 5.73 Å². The maximum atomic E-state index is 12.9. The number of carbonyl (C=O) groups excluding carboxylic acids is 1. The number of nitrogens with zero attached hydrogens (tertiary/aromatic N) is 4. The second kappa shape index (κ2) is 7.20. The molecule has 1 aliphatic heterocycles. The number of hydrogen-bond donors (Lipinski definition) is 1. The van der Waals surface area contributed by atoms with Crippen LogP contribution in [0, 0.1) is 12.3 Å². The molecule has 28 heavy (non-hydrogen) atoms. The van der Waals surface area contributed by atoms with Crippen LogP contribution in [0.1, 0.15) is 29.5 Å². The molecule has 1 unspecified atom stereocenters. The molecule has 1 saturated heterocycles. The third-order valence-corrected chi connectivity index (χ3v) is 5.65. The first kappa shape index (κ1) is 18.4. The zero-order chi connectivity index (χ0) is 19.7. The Morgan fingerprint density at radius 3 is 2.43 bits per heavy atom. The topological polar surface area (TPSA) is 77.0 Å². The van der Waals surface area contributed by atoms with E-state index in [-0.39, 0.29) is 11.3 Å². The summed E-state index contributed by atoms with van der Waals surface area (Å²) in [5, 5.41) is 8.41. The van der Waals surface area contributed by atoms with E-state index in [1.165, 1.54) is 0 Å². The van der Waals surface area contributed by atoms with Crippen LogP contribution in [-0.2, 0) is 0 Å². The predicted octanol–water partition coefficient (Wildman–Crippen LogP) is 3.05. The average molecular weight is 375 g/mol. The van der Waals surface area contributed by atoms with Crippen LogP contribution in [0.2, 0.25) is 0 Å². The molecule has 3 aromatic rings. The van der Waals surface area contributed by atoms with Crippen LogP contribution in [0.15, 0.2) is 54.6 Å². The van der Waals surface area contributed by atoms with Gasteiger partial charge < -0.3 is 10.6 Å². The number of benzene rings is 2. The van der Waals surface area contributed by atoms with Crippen molar-refractivity contribution in [3.8, 4) is 16.8 Å². The standard InChI is InChI=1S/C22H25N5O/c1-16-20(21(28)26-13-12-22(2,14-23)15-26)24-25-27(16)19-10-8-18(9-11-19)17-6-4-3-5-7-17/h3-11H,12-15,23H2,1-2H3. The zero-order valence-corrected chi connectivity index (χ0v) is 16.3. The molecule has 2 heterocycles. The second-order valence-corrected chi connectivity index (χ2v) is 7.84. The molecule has 2 aromatic carbocycles. The molecule has 1 fully saturated rings. The van der Waals surface area contributed by atoms with Gasteiger partial charge in [0.05, 0.1) is 11.4 Å². The molecule has 0 aliphatic carbocycles. The molecular formula is C22H25N5O. The van der Waals surface area contributed by atoms with Crippen LogP contribution in [0.3, 0.4) is 0 Å². The van der Waals surface area contributed by atoms with Crippen molar-refractivity contribution in [2.45, 2.75) is 20.3 Å². The summed E-state index contributed by atoms with van der Waals surface area (Å²) in [4.78, 5) is 14.8. The van der Waals surface area contributed by atoms with E-state index in [0.29, 0.717) is 25.3 Å². The summed E-state index contributed by atoms with van der Waals surface area (Å²) in [6, 6.07) is 18.3. The van der Waals surface area contributed by atoms with Crippen LogP contribution in [-0.4, -0.2) is 45.4 Å². The molecule has 4 rings (SSSR count). The van der Waals surface area contributed by atoms with Crippen molar-refractivity contribution in [1.82, 2.24) is 19.9 Å². The molecule has 2 N–H and O–H groups in total. The Kier molecular flexibility index (Phi) is 4.73. The molecule has 0 spiro atoms. The van der Waals surface area contributed by atoms with E-state index < -0.39 is 0 Å². The maximum Gasteiger partial charge on any atom is 0.276 e. The first-order valence-electron chi connectivity index (χ1n) is 9.58. The molecule has 1 aliphatic rings. The molecule has 144 valence electrons. The van der Waals surface area contributed by atoms with E-state index in [1.807, 2.05) is 42.2 Å². The van der Waals surface area contributed by atoms with Gasteiger partial charge in [0.1, 0.15) is 0 Å². The quantitative estimate of drug-likeness (QED) is 0.760. The minimum absolute atomic E-state index is 0.00711. The van der Waals surface area contributed by atoms with Gasteiger partial charge in [-0.15, -0.1) is 5.10 Å². The Morgan fingerprint density at radius 1 is 1.11 bits per heavy atom. The molecule has 0 radical (unpaired) electrons. The smallest absolute Gasteiger partial charge is 0.276 e. The molecule has 1 atom stereocenters. The first-order valence-corrected chi connectivity index (χ1v) is 9.58. The fraction of sp³-hybridized carbons (Fsp3) is 0.318. The zero-order valence-electron chi connectivity index (χ0n) is 16.3. The molecule has 6 heteroatoms. The van der Waals surface area contributed by atoms with Crippen molar-refractivity contribution >= 4 is 5.91 Å². The van der Waals surface area contributed by atoms with Gasteiger partial charge in [0.15, 0.2) is 5.69 Å². The molecule has 0 bridgehead atoms. The Morgan fingerprint density at radius 2 is 1.79 bits per heavy atom. The molecular weight excluding hydrogens is 350 g/mol. The van der Waals surface area contributed by atoms with Crippen molar-refractivity contribution in [2.75, 3.05) is 19.6 Å². The summed E-state index contributed by atoms with van der Waals surface area (Å²) in [5.74, 6) is -0.0677. The van der Waals surface area contributed by atoms with Crippen LogP contribution >= 0.6 is 0 Å². The summed E-state index contributed by atoms with van der Waals surface area (Å²) >= 11 is 0. The summed E-state index contributed by atoms with van der Waals surface area (Å²) < 4.78 is 1.72. The summed E-state index contributed by atoms with van der Waals surface area (Å²) in [5.41, 5.74) is 10.2. The van der Waals surface area contributed by atoms with E-state index in [4.69, 9.17) is 5.73 Å². The molecule has 1 aromatic heterocycles. The number of amides is 1. The van der Waals surface area contributed by atoms with Crippen molar-refractivity contribution in [2.24, 2.45) is 11.1 Å². The average Bonchev–Trinajstić information content (AvgIpc) is 3.32. The first-order chi connectivity index (χ1) is 13.5. The highest BCUT2D eigenvalue weighted by Crippen LogP contribution is 2.30. The number of carbonyl (C=O) groups is 1. The van der Waals surface area contributed by atoms with Gasteiger partial charge in [0, 0.05) is 13.1 Å². The number of nitrogens with two attached hydrogens (primary N) is 1. The molecule has 0 saturated carbocycles. The lowest BCUT2D eigenvalue weighted by molar-refractivity contribution is 0.0770. The number of rotatable bonds is 4. The highest BCUT2D eigenvalue weighted by Gasteiger charge is 2.36. The lowest BCUT2D eigenvalue weighted by atomic mass is 9.90. The number of likely N-dealkylation sites (tertiary alicyclic amines) is 1. The summed E-state index contributed by atoms with van der Waals surface area (Å²) in [6.07, 6.45) is 0.920. The van der Waals surface area contributed by atoms with E-state index in [9.17, 15) is 4.79 Å². The number of hydrogen-bond acceptors (Lipinski definition) is 4. The van der Waals surface area contributed by atoms with Crippen molar-refractivity contribution < 1.29 is 4.79 Å². The highest BCUT2D eigenvalue weighted by atomic mass is 16.2. The maximum absolute atomic E-state index is 12.9. The Bertz CT molecular complexity index is 980. The SMILES string of the molecule is Cc1c(C(=O)N2CCC(C)(CN)C2)nnn1-c1ccc(-c2ccccc2)cc1. The van der Waals surface area contributed by atoms with Gasteiger partial charge in [-0.3, -0.25) is 4.79 Å². The lowest BCUT2D eigenvalue weighted by Crippen LogP contribution is -2.35. The predicted molar refractivity (Wildman–Crippen MR) is 109 cm³/mol. The normalized spacial score (nSPS) is 19.2. The van der Waals surface area contributed by atoms with E-state index in [1.54, 1.807) is 4.68 Å². The largest absolute Gasteiger partial charge is 0.337 e. The molecule has 6 nitrogen and oxygen atoms in total. The highest BCUT2D eigenvalue weighted by molar-refractivity contribution is 5.93. The minimum Gasteiger partial charge on any atom is -0.337 e. The fourth-order valence-electron chi connectivity index (χ4n) is 3.71. The van der Waals surface area contributed by atoms with E-state index in [0.717, 1.165) is 28.9 Å². The minimum atomic E-state index is -0.0677. The molecule has 1 amide bonds. The van der Waals surface area contributed by atoms with Gasteiger partial charge >= 0.3 is 0 Å². The van der Waals surface area contributed by atoms with Crippen molar-refractivity contribution in [3.63, 3.8) is 0 Å². The summed E-state index contributed by atoms with van der Waals surface area (Å²) in [6.45, 7) is 5.97. The third kappa shape index (κ3) is 3.31. The van der Waals surface area contributed by atoms with Crippen LogP contribution in [0.5, 0.6) is 0 Å². The Labute approximate surface area is 165 Å². The van der Waals surface area contributed by atoms with Crippen molar-refractivity contribution in [3.05, 3.63) is 66.0 Å². The number of aromatic nitrogens is 3. The van der Waals surface area contributed by atoms with Gasteiger partial charge in [-0.05, 0) is 48.6 Å². The monoisotopic (exact) mass is 375 g/mol. The van der Waals surface area contributed by atoms with Crippen LogP contribution in [0.4, 0.5) is 0 Å². The summed E-state index contributed by atoms with van der Waals surface area (Å²) in [7, 11) is 0. The van der Waals surface area contributed by atoms with E-state index in [2.05, 4.69) is 41.5 Å². The third-order valence-electron chi connectivity index (χ3n) is 5.65. The Balaban J connectivity index is 1.56. The van der Waals surface area contributed by atoms with Gasteiger partial charge in [0.25, 0.3) is 5.91 Å². The fourth-order valence-corrected chi connectivity index (χ4v) is 3.71. The van der Waals surface area contributed by atoms with Crippen molar-refractivity contribution in [1.29, 1.82) is 0 Å². The van der Waals surface area contributed by atoms with Gasteiger partial charge in [-0.1, -0.05) is 54.6 Å². The van der Waals surface area contributed by atoms with Crippen LogP contribution in [0.25, 0.3) is 16.8 Å². The second-order valence-electron chi connectivity index (χ2n) is 7.84.